The van der Waals surface area contributed by atoms with E-state index in [-0.39, 0.29) is 16.9 Å². The van der Waals surface area contributed by atoms with Crippen LogP contribution in [-0.4, -0.2) is 16.8 Å². The number of aryl methyl sites for hydroxylation is 3. The summed E-state index contributed by atoms with van der Waals surface area (Å²) in [4.78, 5) is 27.4. The van der Waals surface area contributed by atoms with Gasteiger partial charge in [0.15, 0.2) is 0 Å². The predicted octanol–water partition coefficient (Wildman–Crippen LogP) is 4.97. The number of benzene rings is 2. The summed E-state index contributed by atoms with van der Waals surface area (Å²) >= 11 is 0. The van der Waals surface area contributed by atoms with E-state index in [2.05, 4.69) is 0 Å². The molecule has 1 N–H and O–H groups in total. The number of amides is 1. The third kappa shape index (κ3) is 3.20. The number of carbonyl (C=O) groups excluding carboxylic acids is 2. The molecule has 0 saturated carbocycles. The first-order chi connectivity index (χ1) is 14.3. The molecule has 0 bridgehead atoms. The zero-order chi connectivity index (χ0) is 21.6. The molecular formula is C24H20FNO4. The molecule has 1 aliphatic rings. The van der Waals surface area contributed by atoms with Gasteiger partial charge >= 0.3 is 0 Å². The van der Waals surface area contributed by atoms with E-state index in [1.54, 1.807) is 31.2 Å². The van der Waals surface area contributed by atoms with Gasteiger partial charge in [0.2, 0.25) is 0 Å². The summed E-state index contributed by atoms with van der Waals surface area (Å²) in [6, 6.07) is 12.0. The molecule has 1 atom stereocenters. The molecule has 5 nitrogen and oxygen atoms in total. The number of carbonyl (C=O) groups is 2. The number of Topliss-reactive ketones (excluding diaryl/α,β-unsaturated/α-hetero) is 1. The molecule has 2 heterocycles. The Morgan fingerprint density at radius 2 is 1.73 bits per heavy atom. The van der Waals surface area contributed by atoms with Crippen molar-refractivity contribution in [3.05, 3.63) is 94.2 Å². The third-order valence-corrected chi connectivity index (χ3v) is 5.17. The molecule has 0 spiro atoms. The summed E-state index contributed by atoms with van der Waals surface area (Å²) in [5.41, 5.74) is 2.87. The lowest BCUT2D eigenvalue weighted by molar-refractivity contribution is -0.132. The zero-order valence-electron chi connectivity index (χ0n) is 16.8. The number of ketones is 1. The van der Waals surface area contributed by atoms with E-state index in [0.29, 0.717) is 17.0 Å². The topological polar surface area (TPSA) is 70.8 Å². The van der Waals surface area contributed by atoms with E-state index >= 15 is 0 Å². The zero-order valence-corrected chi connectivity index (χ0v) is 16.8. The average molecular weight is 405 g/mol. The SMILES string of the molecule is Cc1cc(C)cc(N2C(=O)C(=O)/C(=C(\O)c3ccc(F)c(C)c3)C2c2ccco2)c1. The summed E-state index contributed by atoms with van der Waals surface area (Å²) in [6.45, 7) is 5.36. The smallest absolute Gasteiger partial charge is 0.300 e. The fourth-order valence-corrected chi connectivity index (χ4v) is 3.85. The molecule has 0 radical (unpaired) electrons. The van der Waals surface area contributed by atoms with Crippen LogP contribution in [0.2, 0.25) is 0 Å². The van der Waals surface area contributed by atoms with Gasteiger partial charge in [0.1, 0.15) is 23.4 Å². The lowest BCUT2D eigenvalue weighted by atomic mass is 9.98. The van der Waals surface area contributed by atoms with Gasteiger partial charge in [-0.05, 0) is 79.9 Å². The highest BCUT2D eigenvalue weighted by Gasteiger charge is 2.48. The maximum Gasteiger partial charge on any atom is 0.300 e. The van der Waals surface area contributed by atoms with E-state index in [1.165, 1.54) is 29.4 Å². The highest BCUT2D eigenvalue weighted by atomic mass is 19.1. The molecule has 152 valence electrons. The largest absolute Gasteiger partial charge is 0.507 e. The van der Waals surface area contributed by atoms with Gasteiger partial charge in [-0.2, -0.15) is 0 Å². The standard InChI is InChI=1S/C24H20FNO4/c1-13-9-14(2)11-17(10-13)26-21(19-5-4-8-30-19)20(23(28)24(26)29)22(27)16-6-7-18(25)15(3)12-16/h4-12,21,27H,1-3H3/b22-20-. The Morgan fingerprint density at radius 3 is 2.33 bits per heavy atom. The van der Waals surface area contributed by atoms with E-state index in [0.717, 1.165) is 11.1 Å². The first-order valence-corrected chi connectivity index (χ1v) is 9.47. The molecule has 2 aromatic carbocycles. The lowest BCUT2D eigenvalue weighted by Crippen LogP contribution is -2.29. The Balaban J connectivity index is 1.95. The van der Waals surface area contributed by atoms with Crippen LogP contribution in [0.5, 0.6) is 0 Å². The highest BCUT2D eigenvalue weighted by molar-refractivity contribution is 6.51. The number of aliphatic hydroxyl groups excluding tert-OH is 1. The molecular weight excluding hydrogens is 385 g/mol. The molecule has 30 heavy (non-hydrogen) atoms. The van der Waals surface area contributed by atoms with Crippen LogP contribution in [-0.2, 0) is 9.59 Å². The van der Waals surface area contributed by atoms with E-state index in [1.807, 2.05) is 19.9 Å². The van der Waals surface area contributed by atoms with Crippen molar-refractivity contribution in [2.24, 2.45) is 0 Å². The summed E-state index contributed by atoms with van der Waals surface area (Å²) in [6.07, 6.45) is 1.44. The second-order valence-corrected chi connectivity index (χ2v) is 7.49. The fourth-order valence-electron chi connectivity index (χ4n) is 3.85. The molecule has 1 saturated heterocycles. The Labute approximate surface area is 173 Å². The molecule has 0 aliphatic carbocycles. The lowest BCUT2D eigenvalue weighted by Gasteiger charge is -2.24. The second kappa shape index (κ2) is 7.30. The average Bonchev–Trinajstić information content (AvgIpc) is 3.30. The predicted molar refractivity (Wildman–Crippen MR) is 111 cm³/mol. The molecule has 1 fully saturated rings. The summed E-state index contributed by atoms with van der Waals surface area (Å²) in [5.74, 6) is -2.04. The number of halogens is 1. The number of aliphatic hydroxyl groups is 1. The van der Waals surface area contributed by atoms with Gasteiger partial charge in [-0.15, -0.1) is 0 Å². The Morgan fingerprint density at radius 1 is 1.03 bits per heavy atom. The normalized spacial score (nSPS) is 18.3. The van der Waals surface area contributed by atoms with Crippen LogP contribution in [0.4, 0.5) is 10.1 Å². The molecule has 6 heteroatoms. The number of hydrogen-bond acceptors (Lipinski definition) is 4. The minimum Gasteiger partial charge on any atom is -0.507 e. The Kier molecular flexibility index (Phi) is 4.78. The van der Waals surface area contributed by atoms with Gasteiger partial charge in [0.25, 0.3) is 11.7 Å². The first-order valence-electron chi connectivity index (χ1n) is 9.47. The molecule has 1 aromatic heterocycles. The van der Waals surface area contributed by atoms with Crippen LogP contribution >= 0.6 is 0 Å². The van der Waals surface area contributed by atoms with E-state index in [4.69, 9.17) is 4.42 Å². The van der Waals surface area contributed by atoms with Gasteiger partial charge in [0.05, 0.1) is 11.8 Å². The van der Waals surface area contributed by atoms with Gasteiger partial charge < -0.3 is 9.52 Å². The molecule has 1 unspecified atom stereocenters. The van der Waals surface area contributed by atoms with Crippen LogP contribution in [0.3, 0.4) is 0 Å². The van der Waals surface area contributed by atoms with Crippen molar-refractivity contribution < 1.29 is 23.5 Å². The number of nitrogens with zero attached hydrogens (tertiary/aromatic N) is 1. The van der Waals surface area contributed by atoms with Crippen molar-refractivity contribution in [1.29, 1.82) is 0 Å². The summed E-state index contributed by atoms with van der Waals surface area (Å²) < 4.78 is 19.2. The Hall–Kier alpha value is -3.67. The molecule has 1 aliphatic heterocycles. The number of hydrogen-bond donors (Lipinski definition) is 1. The van der Waals surface area contributed by atoms with E-state index in [9.17, 15) is 19.1 Å². The number of anilines is 1. The minimum atomic E-state index is -0.938. The molecule has 4 rings (SSSR count). The maximum absolute atomic E-state index is 13.7. The highest BCUT2D eigenvalue weighted by Crippen LogP contribution is 2.42. The quantitative estimate of drug-likeness (QED) is 0.379. The Bertz CT molecular complexity index is 1170. The molecule has 1 amide bonds. The van der Waals surface area contributed by atoms with Crippen LogP contribution in [0, 0.1) is 26.6 Å². The van der Waals surface area contributed by atoms with Gasteiger partial charge in [-0.25, -0.2) is 4.39 Å². The fraction of sp³-hybridized carbons (Fsp3) is 0.167. The van der Waals surface area contributed by atoms with Crippen molar-refractivity contribution >= 4 is 23.1 Å². The van der Waals surface area contributed by atoms with Crippen LogP contribution in [0.1, 0.15) is 34.1 Å². The summed E-state index contributed by atoms with van der Waals surface area (Å²) in [5, 5.41) is 11.0. The van der Waals surface area contributed by atoms with Gasteiger partial charge in [-0.3, -0.25) is 14.5 Å². The maximum atomic E-state index is 13.7. The van der Waals surface area contributed by atoms with Crippen molar-refractivity contribution in [1.82, 2.24) is 0 Å². The summed E-state index contributed by atoms with van der Waals surface area (Å²) in [7, 11) is 0. The second-order valence-electron chi connectivity index (χ2n) is 7.49. The first kappa shape index (κ1) is 19.6. The van der Waals surface area contributed by atoms with Crippen LogP contribution < -0.4 is 4.90 Å². The minimum absolute atomic E-state index is 0.0971. The van der Waals surface area contributed by atoms with Crippen molar-refractivity contribution in [3.63, 3.8) is 0 Å². The number of furan rings is 1. The molecule has 3 aromatic rings. The third-order valence-electron chi connectivity index (χ3n) is 5.17. The van der Waals surface area contributed by atoms with Crippen LogP contribution in [0.25, 0.3) is 5.76 Å². The van der Waals surface area contributed by atoms with E-state index < -0.39 is 23.5 Å². The van der Waals surface area contributed by atoms with Crippen molar-refractivity contribution in [3.8, 4) is 0 Å². The van der Waals surface area contributed by atoms with Crippen molar-refractivity contribution in [2.45, 2.75) is 26.8 Å². The monoisotopic (exact) mass is 405 g/mol. The van der Waals surface area contributed by atoms with Crippen LogP contribution in [0.15, 0.2) is 64.8 Å². The van der Waals surface area contributed by atoms with Gasteiger partial charge in [-0.1, -0.05) is 6.07 Å². The number of rotatable bonds is 3. The van der Waals surface area contributed by atoms with Crippen molar-refractivity contribution in [2.75, 3.05) is 4.90 Å². The van der Waals surface area contributed by atoms with Gasteiger partial charge in [0, 0.05) is 11.3 Å².